The summed E-state index contributed by atoms with van der Waals surface area (Å²) in [5.74, 6) is -0.0119. The lowest BCUT2D eigenvalue weighted by Crippen LogP contribution is -2.05. The van der Waals surface area contributed by atoms with Crippen molar-refractivity contribution >= 4 is 11.6 Å². The molecule has 0 bridgehead atoms. The number of nitrogens with zero attached hydrogens (tertiary/aromatic N) is 1. The highest BCUT2D eigenvalue weighted by Gasteiger charge is 2.08. The lowest BCUT2D eigenvalue weighted by molar-refractivity contribution is 0.300. The first kappa shape index (κ1) is 15.3. The summed E-state index contributed by atoms with van der Waals surface area (Å²) in [5.41, 5.74) is 7.31. The van der Waals surface area contributed by atoms with Crippen LogP contribution in [-0.4, -0.2) is 0 Å². The largest absolute Gasteiger partial charge is 0.487 e. The van der Waals surface area contributed by atoms with Gasteiger partial charge in [-0.3, -0.25) is 0 Å². The number of hydrogen-bond donors (Lipinski definition) is 1. The van der Waals surface area contributed by atoms with Gasteiger partial charge in [-0.05, 0) is 36.8 Å². The summed E-state index contributed by atoms with van der Waals surface area (Å²) < 4.78 is 19.2. The zero-order chi connectivity index (χ0) is 15.4. The lowest BCUT2D eigenvalue weighted by Gasteiger charge is -2.11. The molecule has 2 aromatic rings. The van der Waals surface area contributed by atoms with Crippen molar-refractivity contribution in [2.75, 3.05) is 0 Å². The molecule has 0 radical (unpaired) electrons. The average Bonchev–Trinajstić information content (AvgIpc) is 2.46. The number of rotatable bonds is 4. The van der Waals surface area contributed by atoms with Gasteiger partial charge in [-0.1, -0.05) is 23.7 Å². The fourth-order valence-corrected chi connectivity index (χ4v) is 2.05. The first-order valence-electron chi connectivity index (χ1n) is 6.37. The van der Waals surface area contributed by atoms with Crippen molar-refractivity contribution in [2.45, 2.75) is 19.6 Å². The summed E-state index contributed by atoms with van der Waals surface area (Å²) in [5, 5.41) is 9.12. The Balaban J connectivity index is 2.12. The highest BCUT2D eigenvalue weighted by atomic mass is 35.5. The molecule has 2 rings (SSSR count). The number of benzene rings is 2. The molecule has 5 heteroatoms. The second-order valence-corrected chi connectivity index (χ2v) is 5.09. The van der Waals surface area contributed by atoms with E-state index in [1.54, 1.807) is 18.2 Å². The van der Waals surface area contributed by atoms with Crippen LogP contribution in [0.25, 0.3) is 0 Å². The molecule has 0 saturated carbocycles. The molecule has 3 nitrogen and oxygen atoms in total. The van der Waals surface area contributed by atoms with E-state index >= 15 is 0 Å². The number of hydrogen-bond acceptors (Lipinski definition) is 3. The minimum Gasteiger partial charge on any atom is -0.487 e. The highest BCUT2D eigenvalue weighted by Crippen LogP contribution is 2.28. The van der Waals surface area contributed by atoms with Gasteiger partial charge in [-0.15, -0.1) is 0 Å². The zero-order valence-electron chi connectivity index (χ0n) is 11.4. The molecule has 0 fully saturated rings. The molecule has 0 heterocycles. The number of nitriles is 1. The quantitative estimate of drug-likeness (QED) is 0.930. The van der Waals surface area contributed by atoms with Crippen LogP contribution in [0, 0.1) is 17.1 Å². The predicted octanol–water partition coefficient (Wildman–Crippen LogP) is 3.95. The molecule has 0 amide bonds. The zero-order valence-corrected chi connectivity index (χ0v) is 12.2. The van der Waals surface area contributed by atoms with E-state index in [0.29, 0.717) is 16.3 Å². The first-order valence-corrected chi connectivity index (χ1v) is 6.75. The third-order valence-electron chi connectivity index (χ3n) is 3.05. The van der Waals surface area contributed by atoms with Gasteiger partial charge in [0.25, 0.3) is 0 Å². The van der Waals surface area contributed by atoms with Crippen molar-refractivity contribution in [3.8, 4) is 11.8 Å². The Labute approximate surface area is 127 Å². The molecule has 0 spiro atoms. The second kappa shape index (κ2) is 6.57. The number of halogens is 2. The smallest absolute Gasteiger partial charge is 0.138 e. The normalized spacial score (nSPS) is 11.8. The fourth-order valence-electron chi connectivity index (χ4n) is 1.81. The minimum atomic E-state index is -0.475. The topological polar surface area (TPSA) is 59.0 Å². The van der Waals surface area contributed by atoms with Crippen LogP contribution in [0.1, 0.15) is 29.7 Å². The van der Waals surface area contributed by atoms with Gasteiger partial charge < -0.3 is 10.5 Å². The van der Waals surface area contributed by atoms with Gasteiger partial charge >= 0.3 is 0 Å². The van der Waals surface area contributed by atoms with Crippen LogP contribution in [0.4, 0.5) is 4.39 Å². The van der Waals surface area contributed by atoms with Gasteiger partial charge in [-0.25, -0.2) is 4.39 Å². The van der Waals surface area contributed by atoms with Gasteiger partial charge in [0.1, 0.15) is 18.2 Å². The molecule has 0 saturated heterocycles. The van der Waals surface area contributed by atoms with E-state index in [4.69, 9.17) is 27.3 Å². The van der Waals surface area contributed by atoms with Gasteiger partial charge in [0.05, 0.1) is 16.7 Å². The van der Waals surface area contributed by atoms with E-state index in [0.717, 1.165) is 5.56 Å². The van der Waals surface area contributed by atoms with E-state index < -0.39 is 5.82 Å². The van der Waals surface area contributed by atoms with Crippen LogP contribution in [-0.2, 0) is 6.61 Å². The third kappa shape index (κ3) is 3.72. The Morgan fingerprint density at radius 3 is 2.67 bits per heavy atom. The fraction of sp³-hybridized carbons (Fsp3) is 0.188. The molecule has 0 unspecified atom stereocenters. The Morgan fingerprint density at radius 2 is 2.10 bits per heavy atom. The van der Waals surface area contributed by atoms with E-state index in [2.05, 4.69) is 0 Å². The summed E-state index contributed by atoms with van der Waals surface area (Å²) in [7, 11) is 0. The van der Waals surface area contributed by atoms with Crippen LogP contribution in [0.3, 0.4) is 0 Å². The molecular formula is C16H14ClFN2O. The van der Waals surface area contributed by atoms with Crippen LogP contribution in [0.2, 0.25) is 5.02 Å². The lowest BCUT2D eigenvalue weighted by atomic mass is 10.1. The van der Waals surface area contributed by atoms with Crippen molar-refractivity contribution in [3.05, 3.63) is 63.9 Å². The molecule has 2 aromatic carbocycles. The summed E-state index contributed by atoms with van der Waals surface area (Å²) in [4.78, 5) is 0. The van der Waals surface area contributed by atoms with Crippen LogP contribution in [0.5, 0.6) is 5.75 Å². The molecule has 0 aliphatic rings. The number of nitrogens with two attached hydrogens (primary N) is 1. The molecule has 2 N–H and O–H groups in total. The molecule has 1 atom stereocenters. The van der Waals surface area contributed by atoms with Gasteiger partial charge in [0, 0.05) is 11.6 Å². The van der Waals surface area contributed by atoms with E-state index in [-0.39, 0.29) is 18.2 Å². The van der Waals surface area contributed by atoms with Gasteiger partial charge in [-0.2, -0.15) is 5.26 Å². The van der Waals surface area contributed by atoms with Crippen molar-refractivity contribution in [3.63, 3.8) is 0 Å². The highest BCUT2D eigenvalue weighted by molar-refractivity contribution is 6.32. The Kier molecular flexibility index (Phi) is 4.79. The molecular weight excluding hydrogens is 291 g/mol. The van der Waals surface area contributed by atoms with E-state index in [1.165, 1.54) is 12.1 Å². The summed E-state index contributed by atoms with van der Waals surface area (Å²) in [6, 6.07) is 11.3. The first-order chi connectivity index (χ1) is 10.0. The van der Waals surface area contributed by atoms with E-state index in [9.17, 15) is 4.39 Å². The van der Waals surface area contributed by atoms with Crippen LogP contribution < -0.4 is 10.5 Å². The predicted molar refractivity (Wildman–Crippen MR) is 79.5 cm³/mol. The maximum Gasteiger partial charge on any atom is 0.138 e. The third-order valence-corrected chi connectivity index (χ3v) is 3.34. The summed E-state index contributed by atoms with van der Waals surface area (Å²) >= 11 is 6.11. The van der Waals surface area contributed by atoms with Crippen molar-refractivity contribution in [1.82, 2.24) is 0 Å². The van der Waals surface area contributed by atoms with Gasteiger partial charge in [0.2, 0.25) is 0 Å². The van der Waals surface area contributed by atoms with Gasteiger partial charge in [0.15, 0.2) is 0 Å². The SMILES string of the molecule is C[C@H](N)c1ccc(OCc2ccc(C#N)cc2F)c(Cl)c1. The Bertz CT molecular complexity index is 695. The minimum absolute atomic E-state index is 0.0365. The van der Waals surface area contributed by atoms with Crippen molar-refractivity contribution in [2.24, 2.45) is 5.73 Å². The van der Waals surface area contributed by atoms with Crippen molar-refractivity contribution < 1.29 is 9.13 Å². The average molecular weight is 305 g/mol. The molecule has 108 valence electrons. The van der Waals surface area contributed by atoms with Crippen LogP contribution >= 0.6 is 11.6 Å². The monoisotopic (exact) mass is 304 g/mol. The Morgan fingerprint density at radius 1 is 1.33 bits per heavy atom. The second-order valence-electron chi connectivity index (χ2n) is 4.69. The molecule has 0 aliphatic heterocycles. The Hall–Kier alpha value is -2.09. The molecule has 0 aliphatic carbocycles. The number of ether oxygens (including phenoxy) is 1. The summed E-state index contributed by atoms with van der Waals surface area (Å²) in [6.45, 7) is 1.90. The maximum absolute atomic E-state index is 13.7. The summed E-state index contributed by atoms with van der Waals surface area (Å²) in [6.07, 6.45) is 0. The van der Waals surface area contributed by atoms with E-state index in [1.807, 2.05) is 19.1 Å². The van der Waals surface area contributed by atoms with Crippen LogP contribution in [0.15, 0.2) is 36.4 Å². The molecule has 0 aromatic heterocycles. The standard InChI is InChI=1S/C16H14ClFN2O/c1-10(20)12-4-5-16(14(17)7-12)21-9-13-3-2-11(8-19)6-15(13)18/h2-7,10H,9,20H2,1H3/t10-/m0/s1. The maximum atomic E-state index is 13.7. The molecule has 21 heavy (non-hydrogen) atoms. The van der Waals surface area contributed by atoms with Crippen molar-refractivity contribution in [1.29, 1.82) is 5.26 Å².